The number of halogens is 1. The molecule has 3 rings (SSSR count). The lowest BCUT2D eigenvalue weighted by atomic mass is 9.82. The summed E-state index contributed by atoms with van der Waals surface area (Å²) in [6, 6.07) is 8.23. The molecule has 0 atom stereocenters. The van der Waals surface area contributed by atoms with Gasteiger partial charge in [-0.15, -0.1) is 0 Å². The van der Waals surface area contributed by atoms with E-state index in [4.69, 9.17) is 9.15 Å². The molecule has 0 bridgehead atoms. The zero-order chi connectivity index (χ0) is 22.0. The van der Waals surface area contributed by atoms with Crippen molar-refractivity contribution in [2.24, 2.45) is 0 Å². The van der Waals surface area contributed by atoms with Crippen molar-refractivity contribution in [3.05, 3.63) is 53.7 Å². The van der Waals surface area contributed by atoms with E-state index in [1.807, 2.05) is 19.1 Å². The normalized spacial score (nSPS) is 16.2. The molecule has 168 valence electrons. The molecule has 1 fully saturated rings. The number of alkyl halides is 1. The van der Waals surface area contributed by atoms with Crippen LogP contribution in [0, 0.1) is 0 Å². The zero-order valence-electron chi connectivity index (χ0n) is 17.9. The van der Waals surface area contributed by atoms with Gasteiger partial charge < -0.3 is 9.15 Å². The third-order valence-corrected chi connectivity index (χ3v) is 6.47. The lowest BCUT2D eigenvalue weighted by Gasteiger charge is -2.38. The molecule has 0 spiro atoms. The molecule has 30 heavy (non-hydrogen) atoms. The van der Waals surface area contributed by atoms with Crippen LogP contribution in [0.15, 0.2) is 41.1 Å². The van der Waals surface area contributed by atoms with Crippen LogP contribution in [0.1, 0.15) is 43.2 Å². The Morgan fingerprint density at radius 3 is 2.40 bits per heavy atom. The summed E-state index contributed by atoms with van der Waals surface area (Å²) in [4.78, 5) is 4.19. The van der Waals surface area contributed by atoms with Gasteiger partial charge in [0, 0.05) is 31.8 Å². The smallest absolute Gasteiger partial charge is 0.211 e. The van der Waals surface area contributed by atoms with E-state index < -0.39 is 10.0 Å². The number of aromatic nitrogens is 1. The van der Waals surface area contributed by atoms with Crippen molar-refractivity contribution in [3.8, 4) is 0 Å². The predicted molar refractivity (Wildman–Crippen MR) is 114 cm³/mol. The average molecular weight is 442 g/mol. The number of hydrogen-bond acceptors (Lipinski definition) is 6. The van der Waals surface area contributed by atoms with Gasteiger partial charge in [-0.25, -0.2) is 13.4 Å². The molecule has 9 heteroatoms. The first-order chi connectivity index (χ1) is 14.4. The number of hydrogen-bond donors (Lipinski definition) is 1. The molecule has 0 saturated carbocycles. The summed E-state index contributed by atoms with van der Waals surface area (Å²) in [5.41, 5.74) is 1.95. The van der Waals surface area contributed by atoms with E-state index in [1.165, 1.54) is 16.1 Å². The van der Waals surface area contributed by atoms with Crippen molar-refractivity contribution in [3.63, 3.8) is 0 Å². The summed E-state index contributed by atoms with van der Waals surface area (Å²) in [6.07, 6.45) is 6.99. The molecule has 0 radical (unpaired) electrons. The standard InChI is InChI=1S/C20H29N3O4S.CH3F/c1-3-11-23(28(2,24)25)16-17-4-6-18(7-5-17)20(8-12-26-13-9-20)22-15-19-21-10-14-27-19;1-2/h4-7,10,14,22H,3,8-9,11-13,15-16H2,1-2H3;1H3. The van der Waals surface area contributed by atoms with Gasteiger partial charge in [0.1, 0.15) is 6.26 Å². The Morgan fingerprint density at radius 2 is 1.87 bits per heavy atom. The minimum Gasteiger partial charge on any atom is -0.448 e. The van der Waals surface area contributed by atoms with E-state index in [-0.39, 0.29) is 5.54 Å². The fraction of sp³-hybridized carbons (Fsp3) is 0.571. The Bertz CT molecular complexity index is 836. The fourth-order valence-electron chi connectivity index (χ4n) is 3.62. The molecule has 1 saturated heterocycles. The maximum absolute atomic E-state index is 12.0. The maximum Gasteiger partial charge on any atom is 0.211 e. The van der Waals surface area contributed by atoms with Crippen molar-refractivity contribution >= 4 is 10.0 Å². The number of nitrogens with one attached hydrogen (secondary N) is 1. The van der Waals surface area contributed by atoms with E-state index in [1.54, 1.807) is 12.5 Å². The van der Waals surface area contributed by atoms with E-state index in [2.05, 4.69) is 22.4 Å². The largest absolute Gasteiger partial charge is 0.448 e. The molecule has 2 heterocycles. The molecule has 1 aliphatic heterocycles. The summed E-state index contributed by atoms with van der Waals surface area (Å²) in [5.74, 6) is 0.658. The highest BCUT2D eigenvalue weighted by molar-refractivity contribution is 7.88. The summed E-state index contributed by atoms with van der Waals surface area (Å²) < 4.78 is 45.9. The summed E-state index contributed by atoms with van der Waals surface area (Å²) in [7, 11) is -2.71. The van der Waals surface area contributed by atoms with Gasteiger partial charge in [0.05, 0.1) is 26.2 Å². The first-order valence-electron chi connectivity index (χ1n) is 10.1. The Kier molecular flexibility index (Phi) is 9.41. The summed E-state index contributed by atoms with van der Waals surface area (Å²) in [5, 5.41) is 3.62. The van der Waals surface area contributed by atoms with Gasteiger partial charge in [0.2, 0.25) is 15.9 Å². The number of ether oxygens (including phenoxy) is 1. The zero-order valence-corrected chi connectivity index (χ0v) is 18.8. The molecule has 1 aromatic carbocycles. The molecular formula is C21H32FN3O4S. The van der Waals surface area contributed by atoms with Gasteiger partial charge >= 0.3 is 0 Å². The van der Waals surface area contributed by atoms with E-state index in [0.717, 1.165) is 24.8 Å². The lowest BCUT2D eigenvalue weighted by molar-refractivity contribution is 0.0348. The Morgan fingerprint density at radius 1 is 1.20 bits per heavy atom. The van der Waals surface area contributed by atoms with Crippen LogP contribution < -0.4 is 5.32 Å². The van der Waals surface area contributed by atoms with Gasteiger partial charge in [-0.1, -0.05) is 31.2 Å². The van der Waals surface area contributed by atoms with Crippen LogP contribution in [-0.4, -0.2) is 50.9 Å². The number of nitrogens with zero attached hydrogens (tertiary/aromatic N) is 2. The highest BCUT2D eigenvalue weighted by Gasteiger charge is 2.34. The first-order valence-corrected chi connectivity index (χ1v) is 11.9. The van der Waals surface area contributed by atoms with Crippen LogP contribution in [0.4, 0.5) is 4.39 Å². The highest BCUT2D eigenvalue weighted by atomic mass is 32.2. The monoisotopic (exact) mass is 441 g/mol. The van der Waals surface area contributed by atoms with Crippen LogP contribution in [0.3, 0.4) is 0 Å². The topological polar surface area (TPSA) is 84.7 Å². The molecule has 1 N–H and O–H groups in total. The number of oxazole rings is 1. The minimum absolute atomic E-state index is 0.203. The van der Waals surface area contributed by atoms with Gasteiger partial charge in [-0.3, -0.25) is 9.71 Å². The van der Waals surface area contributed by atoms with Crippen LogP contribution >= 0.6 is 0 Å². The minimum atomic E-state index is -3.21. The van der Waals surface area contributed by atoms with Crippen molar-refractivity contribution in [1.82, 2.24) is 14.6 Å². The van der Waals surface area contributed by atoms with Crippen LogP contribution in [-0.2, 0) is 33.4 Å². The lowest BCUT2D eigenvalue weighted by Crippen LogP contribution is -2.46. The van der Waals surface area contributed by atoms with Crippen LogP contribution in [0.2, 0.25) is 0 Å². The summed E-state index contributed by atoms with van der Waals surface area (Å²) in [6.45, 7) is 4.84. The molecule has 0 unspecified atom stereocenters. The Hall–Kier alpha value is -1.81. The van der Waals surface area contributed by atoms with Gasteiger partial charge in [-0.2, -0.15) is 4.31 Å². The Balaban J connectivity index is 0.00000155. The third kappa shape index (κ3) is 6.60. The molecule has 1 aromatic heterocycles. The van der Waals surface area contributed by atoms with Crippen molar-refractivity contribution in [2.45, 2.75) is 44.8 Å². The van der Waals surface area contributed by atoms with Crippen LogP contribution in [0.25, 0.3) is 0 Å². The van der Waals surface area contributed by atoms with Crippen molar-refractivity contribution in [2.75, 3.05) is 33.2 Å². The van der Waals surface area contributed by atoms with Gasteiger partial charge in [-0.05, 0) is 30.4 Å². The summed E-state index contributed by atoms with van der Waals surface area (Å²) >= 11 is 0. The molecule has 0 amide bonds. The van der Waals surface area contributed by atoms with E-state index >= 15 is 0 Å². The highest BCUT2D eigenvalue weighted by Crippen LogP contribution is 2.33. The molecular weight excluding hydrogens is 409 g/mol. The van der Waals surface area contributed by atoms with E-state index in [9.17, 15) is 12.8 Å². The number of sulfonamides is 1. The average Bonchev–Trinajstić information content (AvgIpc) is 3.28. The Labute approximate surface area is 178 Å². The fourth-order valence-corrected chi connectivity index (χ4v) is 4.51. The van der Waals surface area contributed by atoms with Crippen molar-refractivity contribution < 1.29 is 22.0 Å². The molecule has 0 aliphatic carbocycles. The predicted octanol–water partition coefficient (Wildman–Crippen LogP) is 3.23. The van der Waals surface area contributed by atoms with Gasteiger partial charge in [0.25, 0.3) is 0 Å². The SMILES string of the molecule is CCCN(Cc1ccc(C2(NCc3ncco3)CCOCC2)cc1)S(C)(=O)=O.CF. The first kappa shape index (κ1) is 24.5. The molecule has 2 aromatic rings. The molecule has 1 aliphatic rings. The second-order valence-electron chi connectivity index (χ2n) is 7.27. The quantitative estimate of drug-likeness (QED) is 0.643. The number of rotatable bonds is 9. The molecule has 7 nitrogen and oxygen atoms in total. The van der Waals surface area contributed by atoms with Crippen molar-refractivity contribution in [1.29, 1.82) is 0 Å². The number of benzene rings is 1. The second kappa shape index (κ2) is 11.5. The van der Waals surface area contributed by atoms with Gasteiger partial charge in [0.15, 0.2) is 0 Å². The van der Waals surface area contributed by atoms with E-state index in [0.29, 0.717) is 45.9 Å². The third-order valence-electron chi connectivity index (χ3n) is 5.22. The maximum atomic E-state index is 12.0. The second-order valence-corrected chi connectivity index (χ2v) is 9.25. The van der Waals surface area contributed by atoms with Crippen LogP contribution in [0.5, 0.6) is 0 Å².